The van der Waals surface area contributed by atoms with Gasteiger partial charge in [-0.2, -0.15) is 31.3 Å². The number of ether oxygens (including phenoxy) is 1. The van der Waals surface area contributed by atoms with E-state index in [9.17, 15) is 31.1 Å². The fourth-order valence-electron chi connectivity index (χ4n) is 4.88. The number of aryl methyl sites for hydroxylation is 1. The number of aromatic nitrogens is 2. The van der Waals surface area contributed by atoms with E-state index in [4.69, 9.17) is 9.72 Å². The molecule has 3 heterocycles. The summed E-state index contributed by atoms with van der Waals surface area (Å²) in [7, 11) is 1.99. The fraction of sp³-hybridized carbons (Fsp3) is 0.393. The van der Waals surface area contributed by atoms with Crippen molar-refractivity contribution in [1.29, 1.82) is 0 Å². The third-order valence-electron chi connectivity index (χ3n) is 7.16. The number of benzene rings is 2. The van der Waals surface area contributed by atoms with Crippen LogP contribution in [0.2, 0.25) is 0 Å². The fourth-order valence-corrected chi connectivity index (χ4v) is 4.88. The second kappa shape index (κ2) is 10.8. The number of hydrogen-bond donors (Lipinski definition) is 0. The number of hydrogen-bond acceptors (Lipinski definition) is 6. The van der Waals surface area contributed by atoms with Gasteiger partial charge in [0.05, 0.1) is 23.4 Å². The Balaban J connectivity index is 1.69. The Hall–Kier alpha value is -3.87. The molecule has 3 aromatic rings. The summed E-state index contributed by atoms with van der Waals surface area (Å²) in [6, 6.07) is 8.27. The molecule has 2 aromatic carbocycles. The highest BCUT2D eigenvalue weighted by Gasteiger charge is 2.39. The number of piperazine rings is 1. The second-order valence-corrected chi connectivity index (χ2v) is 10.1. The Morgan fingerprint density at radius 2 is 1.49 bits per heavy atom. The molecule has 1 aromatic heterocycles. The minimum absolute atomic E-state index is 0.0360. The van der Waals surface area contributed by atoms with Gasteiger partial charge in [-0.3, -0.25) is 4.79 Å². The molecule has 0 aliphatic carbocycles. The van der Waals surface area contributed by atoms with Crippen LogP contribution in [0, 0.1) is 6.92 Å². The third kappa shape index (κ3) is 5.95. The first-order valence-corrected chi connectivity index (χ1v) is 13.0. The van der Waals surface area contributed by atoms with E-state index in [1.165, 1.54) is 0 Å². The molecule has 0 spiro atoms. The molecule has 5 rings (SSSR count). The van der Waals surface area contributed by atoms with E-state index in [-0.39, 0.29) is 42.8 Å². The summed E-state index contributed by atoms with van der Waals surface area (Å²) in [5, 5.41) is 0. The van der Waals surface area contributed by atoms with Crippen molar-refractivity contribution >= 4 is 17.5 Å². The van der Waals surface area contributed by atoms with Gasteiger partial charge in [0, 0.05) is 44.0 Å². The smallest absolute Gasteiger partial charge is 0.416 e. The number of nitrogens with zero attached hydrogens (tertiary/aromatic N) is 5. The van der Waals surface area contributed by atoms with Crippen LogP contribution < -0.4 is 14.5 Å². The molecule has 0 atom stereocenters. The summed E-state index contributed by atoms with van der Waals surface area (Å²) in [6.07, 6.45) is -9.97. The van der Waals surface area contributed by atoms with Crippen LogP contribution in [0.5, 0.6) is 5.88 Å². The highest BCUT2D eigenvalue weighted by atomic mass is 19.4. The summed E-state index contributed by atoms with van der Waals surface area (Å²) in [5.74, 6) is -0.589. The van der Waals surface area contributed by atoms with Gasteiger partial charge in [0.1, 0.15) is 5.56 Å². The lowest BCUT2D eigenvalue weighted by molar-refractivity contribution is -0.143. The zero-order valence-electron chi connectivity index (χ0n) is 22.3. The molecule has 41 heavy (non-hydrogen) atoms. The Morgan fingerprint density at radius 1 is 0.854 bits per heavy atom. The van der Waals surface area contributed by atoms with E-state index < -0.39 is 35.1 Å². The van der Waals surface area contributed by atoms with E-state index in [0.29, 0.717) is 36.7 Å². The SMILES string of the molecule is Cc1ccccc1-c1nc(N2CCN(C)CC2)nc2c1C(=O)N(c1cc(C(F)(F)F)cc(C(F)(F)F)c1)CCCO2. The highest BCUT2D eigenvalue weighted by Crippen LogP contribution is 2.40. The van der Waals surface area contributed by atoms with Gasteiger partial charge < -0.3 is 19.4 Å². The molecule has 1 amide bonds. The molecule has 218 valence electrons. The molecule has 0 unspecified atom stereocenters. The van der Waals surface area contributed by atoms with Crippen LogP contribution >= 0.6 is 0 Å². The van der Waals surface area contributed by atoms with Crippen LogP contribution in [-0.4, -0.2) is 67.2 Å². The Labute approximate surface area is 232 Å². The number of amides is 1. The molecule has 0 radical (unpaired) electrons. The summed E-state index contributed by atoms with van der Waals surface area (Å²) in [4.78, 5) is 28.4. The van der Waals surface area contributed by atoms with E-state index in [2.05, 4.69) is 9.88 Å². The molecular formula is C28H27F6N5O2. The van der Waals surface area contributed by atoms with Gasteiger partial charge in [0.15, 0.2) is 0 Å². The first-order valence-electron chi connectivity index (χ1n) is 13.0. The van der Waals surface area contributed by atoms with Crippen LogP contribution in [0.3, 0.4) is 0 Å². The molecule has 7 nitrogen and oxygen atoms in total. The van der Waals surface area contributed by atoms with Gasteiger partial charge in [0.2, 0.25) is 11.8 Å². The van der Waals surface area contributed by atoms with Gasteiger partial charge in [-0.25, -0.2) is 4.98 Å². The number of likely N-dealkylation sites (N-methyl/N-ethyl adjacent to an activating group) is 1. The lowest BCUT2D eigenvalue weighted by Crippen LogP contribution is -2.45. The average Bonchev–Trinajstić information content (AvgIpc) is 2.91. The van der Waals surface area contributed by atoms with Crippen molar-refractivity contribution in [2.45, 2.75) is 25.7 Å². The molecule has 13 heteroatoms. The van der Waals surface area contributed by atoms with Gasteiger partial charge in [-0.15, -0.1) is 0 Å². The first kappa shape index (κ1) is 28.7. The van der Waals surface area contributed by atoms with Crippen molar-refractivity contribution in [1.82, 2.24) is 14.9 Å². The first-order chi connectivity index (χ1) is 19.3. The minimum atomic E-state index is -5.06. The van der Waals surface area contributed by atoms with Crippen LogP contribution in [0.4, 0.5) is 38.0 Å². The number of rotatable bonds is 3. The van der Waals surface area contributed by atoms with Crippen molar-refractivity contribution in [2.75, 3.05) is 56.2 Å². The number of halogens is 6. The summed E-state index contributed by atoms with van der Waals surface area (Å²) < 4.78 is 87.7. The second-order valence-electron chi connectivity index (χ2n) is 10.1. The number of anilines is 2. The van der Waals surface area contributed by atoms with Crippen molar-refractivity contribution in [2.24, 2.45) is 0 Å². The molecular weight excluding hydrogens is 552 g/mol. The Kier molecular flexibility index (Phi) is 7.58. The van der Waals surface area contributed by atoms with Crippen molar-refractivity contribution in [3.63, 3.8) is 0 Å². The molecule has 0 N–H and O–H groups in total. The Bertz CT molecular complexity index is 1420. The molecule has 2 aliphatic heterocycles. The minimum Gasteiger partial charge on any atom is -0.477 e. The largest absolute Gasteiger partial charge is 0.477 e. The zero-order chi connectivity index (χ0) is 29.5. The van der Waals surface area contributed by atoms with Crippen LogP contribution in [0.25, 0.3) is 11.3 Å². The maximum Gasteiger partial charge on any atom is 0.416 e. The molecule has 0 saturated carbocycles. The van der Waals surface area contributed by atoms with E-state index >= 15 is 0 Å². The number of carbonyl (C=O) groups is 1. The van der Waals surface area contributed by atoms with Crippen molar-refractivity contribution < 1.29 is 35.9 Å². The van der Waals surface area contributed by atoms with Gasteiger partial charge in [0.25, 0.3) is 5.91 Å². The molecule has 1 fully saturated rings. The Morgan fingerprint density at radius 3 is 2.10 bits per heavy atom. The van der Waals surface area contributed by atoms with Gasteiger partial charge >= 0.3 is 12.4 Å². The number of fused-ring (bicyclic) bond motifs is 1. The van der Waals surface area contributed by atoms with Crippen LogP contribution in [0.1, 0.15) is 33.5 Å². The average molecular weight is 580 g/mol. The molecule has 2 aliphatic rings. The maximum absolute atomic E-state index is 14.1. The normalized spacial score (nSPS) is 17.1. The van der Waals surface area contributed by atoms with Gasteiger partial charge in [-0.05, 0) is 44.2 Å². The zero-order valence-corrected chi connectivity index (χ0v) is 22.3. The van der Waals surface area contributed by atoms with Crippen molar-refractivity contribution in [3.8, 4) is 17.1 Å². The molecule has 1 saturated heterocycles. The lowest BCUT2D eigenvalue weighted by atomic mass is 10.00. The number of alkyl halides is 6. The van der Waals surface area contributed by atoms with Crippen LogP contribution in [0.15, 0.2) is 42.5 Å². The van der Waals surface area contributed by atoms with E-state index in [1.54, 1.807) is 18.2 Å². The molecule has 0 bridgehead atoms. The summed E-state index contributed by atoms with van der Waals surface area (Å²) >= 11 is 0. The summed E-state index contributed by atoms with van der Waals surface area (Å²) in [5.41, 5.74) is -2.13. The highest BCUT2D eigenvalue weighted by molar-refractivity contribution is 6.11. The quantitative estimate of drug-likeness (QED) is 0.373. The predicted molar refractivity (Wildman–Crippen MR) is 140 cm³/mol. The number of carbonyl (C=O) groups excluding carboxylic acids is 1. The van der Waals surface area contributed by atoms with Crippen molar-refractivity contribution in [3.05, 3.63) is 64.7 Å². The topological polar surface area (TPSA) is 61.8 Å². The predicted octanol–water partition coefficient (Wildman–Crippen LogP) is 5.67. The van der Waals surface area contributed by atoms with Gasteiger partial charge in [-0.1, -0.05) is 24.3 Å². The van der Waals surface area contributed by atoms with E-state index in [0.717, 1.165) is 23.6 Å². The summed E-state index contributed by atoms with van der Waals surface area (Å²) in [6.45, 7) is 4.42. The maximum atomic E-state index is 14.1. The monoisotopic (exact) mass is 579 g/mol. The van der Waals surface area contributed by atoms with Crippen LogP contribution in [-0.2, 0) is 12.4 Å². The lowest BCUT2D eigenvalue weighted by Gasteiger charge is -2.33. The van der Waals surface area contributed by atoms with E-state index in [1.807, 2.05) is 24.9 Å². The third-order valence-corrected chi connectivity index (χ3v) is 7.16. The standard InChI is InChI=1S/C28H27F6N5O2/c1-17-6-3-4-7-21(17)23-22-24(36-26(35-23)38-11-9-37(2)10-12-38)41-13-5-8-39(25(22)40)20-15-18(27(29,30)31)14-19(16-20)28(32,33)34/h3-4,6-7,14-16H,5,8-13H2,1-2H3.